The van der Waals surface area contributed by atoms with E-state index in [1.54, 1.807) is 19.2 Å². The Morgan fingerprint density at radius 3 is 2.92 bits per heavy atom. The first-order valence-electron chi connectivity index (χ1n) is 9.16. The van der Waals surface area contributed by atoms with E-state index in [1.807, 2.05) is 6.07 Å². The minimum absolute atomic E-state index is 0.0190. The van der Waals surface area contributed by atoms with E-state index in [-0.39, 0.29) is 36.6 Å². The topological polar surface area (TPSA) is 71.0 Å². The van der Waals surface area contributed by atoms with Crippen molar-refractivity contribution in [3.05, 3.63) is 35.6 Å². The molecule has 3 rings (SSSR count). The molecule has 2 heterocycles. The third kappa shape index (κ3) is 4.79. The molecule has 2 fully saturated rings. The maximum Gasteiger partial charge on any atom is 0.222 e. The molecule has 1 amide bonds. The minimum atomic E-state index is -0.619. The second-order valence-electron chi connectivity index (χ2n) is 7.03. The number of fused-ring (bicyclic) bond motifs is 1. The molecule has 144 valence electrons. The number of benzene rings is 1. The maximum absolute atomic E-state index is 14.1. The molecule has 2 saturated heterocycles. The van der Waals surface area contributed by atoms with E-state index < -0.39 is 6.10 Å². The Kier molecular flexibility index (Phi) is 6.58. The Labute approximate surface area is 153 Å². The summed E-state index contributed by atoms with van der Waals surface area (Å²) in [7, 11) is 1.62. The van der Waals surface area contributed by atoms with Gasteiger partial charge in [0.1, 0.15) is 5.82 Å². The molecule has 1 aromatic carbocycles. The molecule has 0 bridgehead atoms. The van der Waals surface area contributed by atoms with Crippen LogP contribution in [0.5, 0.6) is 0 Å². The fourth-order valence-corrected chi connectivity index (χ4v) is 3.78. The van der Waals surface area contributed by atoms with E-state index in [1.165, 1.54) is 6.07 Å². The molecule has 0 radical (unpaired) electrons. The van der Waals surface area contributed by atoms with Gasteiger partial charge in [-0.15, -0.1) is 0 Å². The lowest BCUT2D eigenvalue weighted by atomic mass is 9.94. The highest BCUT2D eigenvalue weighted by molar-refractivity contribution is 5.76. The SMILES string of the molecule is CNC(=O)C[C@@H]1CC[C@H]2[C@@H](COC[C@@H](O)CN2Cc2ccccc2F)O1. The van der Waals surface area contributed by atoms with Crippen molar-refractivity contribution in [1.29, 1.82) is 0 Å². The highest BCUT2D eigenvalue weighted by Gasteiger charge is 2.38. The van der Waals surface area contributed by atoms with Crippen molar-refractivity contribution in [1.82, 2.24) is 10.2 Å². The van der Waals surface area contributed by atoms with E-state index in [2.05, 4.69) is 10.2 Å². The molecule has 0 aromatic heterocycles. The number of hydrogen-bond acceptors (Lipinski definition) is 5. The minimum Gasteiger partial charge on any atom is -0.389 e. The molecule has 0 unspecified atom stereocenters. The molecule has 2 aliphatic rings. The van der Waals surface area contributed by atoms with Crippen molar-refractivity contribution in [2.45, 2.75) is 50.2 Å². The number of β-amino-alcohol motifs (C(OH)–C–C–N with tert-alkyl or cyclic N) is 1. The molecule has 7 heteroatoms. The van der Waals surface area contributed by atoms with Crippen LogP contribution in [0.4, 0.5) is 4.39 Å². The second kappa shape index (κ2) is 8.90. The lowest BCUT2D eigenvalue weighted by molar-refractivity contribution is -0.158. The Morgan fingerprint density at radius 2 is 2.15 bits per heavy atom. The number of aliphatic hydroxyl groups excluding tert-OH is 1. The number of nitrogens with one attached hydrogen (secondary N) is 1. The monoisotopic (exact) mass is 366 g/mol. The van der Waals surface area contributed by atoms with Crippen LogP contribution in [0.25, 0.3) is 0 Å². The summed E-state index contributed by atoms with van der Waals surface area (Å²) in [4.78, 5) is 13.7. The Morgan fingerprint density at radius 1 is 1.35 bits per heavy atom. The fourth-order valence-electron chi connectivity index (χ4n) is 3.78. The highest BCUT2D eigenvalue weighted by Crippen LogP contribution is 2.29. The number of carbonyl (C=O) groups excluding carboxylic acids is 1. The van der Waals surface area contributed by atoms with E-state index in [9.17, 15) is 14.3 Å². The van der Waals surface area contributed by atoms with E-state index >= 15 is 0 Å². The van der Waals surface area contributed by atoms with Crippen molar-refractivity contribution < 1.29 is 23.8 Å². The number of aliphatic hydroxyl groups is 1. The lowest BCUT2D eigenvalue weighted by Crippen LogP contribution is -2.55. The number of rotatable bonds is 4. The third-order valence-corrected chi connectivity index (χ3v) is 5.11. The van der Waals surface area contributed by atoms with Gasteiger partial charge in [0.15, 0.2) is 0 Å². The summed E-state index contributed by atoms with van der Waals surface area (Å²) >= 11 is 0. The summed E-state index contributed by atoms with van der Waals surface area (Å²) in [5.41, 5.74) is 0.604. The average Bonchev–Trinajstić information content (AvgIpc) is 2.62. The zero-order valence-corrected chi connectivity index (χ0v) is 15.1. The van der Waals surface area contributed by atoms with Gasteiger partial charge < -0.3 is 19.9 Å². The first-order chi connectivity index (χ1) is 12.6. The van der Waals surface area contributed by atoms with Crippen molar-refractivity contribution >= 4 is 5.91 Å². The second-order valence-corrected chi connectivity index (χ2v) is 7.03. The molecule has 0 aliphatic carbocycles. The van der Waals surface area contributed by atoms with Crippen LogP contribution < -0.4 is 5.32 Å². The number of carbonyl (C=O) groups is 1. The van der Waals surface area contributed by atoms with Crippen LogP contribution in [0.3, 0.4) is 0 Å². The van der Waals surface area contributed by atoms with E-state index in [0.29, 0.717) is 31.7 Å². The average molecular weight is 366 g/mol. The zero-order chi connectivity index (χ0) is 18.5. The van der Waals surface area contributed by atoms with Crippen molar-refractivity contribution in [3.63, 3.8) is 0 Å². The maximum atomic E-state index is 14.1. The third-order valence-electron chi connectivity index (χ3n) is 5.11. The summed E-state index contributed by atoms with van der Waals surface area (Å²) in [6.45, 7) is 1.40. The Hall–Kier alpha value is -1.54. The zero-order valence-electron chi connectivity index (χ0n) is 15.1. The number of halogens is 1. The van der Waals surface area contributed by atoms with Gasteiger partial charge >= 0.3 is 0 Å². The van der Waals surface area contributed by atoms with Gasteiger partial charge in [0, 0.05) is 31.7 Å². The predicted octanol–water partition coefficient (Wildman–Crippen LogP) is 1.07. The number of ether oxygens (including phenoxy) is 2. The normalized spacial score (nSPS) is 30.1. The molecular weight excluding hydrogens is 339 g/mol. The quantitative estimate of drug-likeness (QED) is 0.834. The summed E-state index contributed by atoms with van der Waals surface area (Å²) in [6, 6.07) is 6.73. The van der Waals surface area contributed by atoms with E-state index in [0.717, 1.165) is 12.8 Å². The molecule has 0 spiro atoms. The van der Waals surface area contributed by atoms with Crippen LogP contribution >= 0.6 is 0 Å². The summed E-state index contributed by atoms with van der Waals surface area (Å²) in [5.74, 6) is -0.287. The van der Waals surface area contributed by atoms with Gasteiger partial charge in [-0.3, -0.25) is 9.69 Å². The standard InChI is InChI=1S/C19H27FN2O4/c1-21-19(24)8-15-6-7-17-18(26-15)12-25-11-14(23)10-22(17)9-13-4-2-3-5-16(13)20/h2-5,14-15,17-18,23H,6-12H2,1H3,(H,21,24)/t14-,15-,17-,18+/m0/s1. The van der Waals surface area contributed by atoms with E-state index in [4.69, 9.17) is 9.47 Å². The van der Waals surface area contributed by atoms with Crippen LogP contribution in [-0.4, -0.2) is 67.1 Å². The molecule has 26 heavy (non-hydrogen) atoms. The summed E-state index contributed by atoms with van der Waals surface area (Å²) in [5, 5.41) is 12.8. The molecule has 6 nitrogen and oxygen atoms in total. The smallest absolute Gasteiger partial charge is 0.222 e. The fraction of sp³-hybridized carbons (Fsp3) is 0.632. The number of amides is 1. The molecule has 1 aromatic rings. The number of nitrogens with zero attached hydrogens (tertiary/aromatic N) is 1. The van der Waals surface area contributed by atoms with Gasteiger partial charge in [-0.05, 0) is 18.9 Å². The molecule has 4 atom stereocenters. The van der Waals surface area contributed by atoms with Gasteiger partial charge in [-0.25, -0.2) is 4.39 Å². The van der Waals surface area contributed by atoms with Gasteiger partial charge in [-0.2, -0.15) is 0 Å². The largest absolute Gasteiger partial charge is 0.389 e. The van der Waals surface area contributed by atoms with Crippen LogP contribution in [-0.2, 0) is 20.8 Å². The predicted molar refractivity (Wildman–Crippen MR) is 94.0 cm³/mol. The van der Waals surface area contributed by atoms with Gasteiger partial charge in [0.25, 0.3) is 0 Å². The van der Waals surface area contributed by atoms with Crippen LogP contribution in [0, 0.1) is 5.82 Å². The van der Waals surface area contributed by atoms with Crippen LogP contribution in [0.15, 0.2) is 24.3 Å². The molecular formula is C19H27FN2O4. The highest BCUT2D eigenvalue weighted by atomic mass is 19.1. The van der Waals surface area contributed by atoms with Gasteiger partial charge in [0.05, 0.1) is 37.9 Å². The lowest BCUT2D eigenvalue weighted by Gasteiger charge is -2.44. The van der Waals surface area contributed by atoms with Crippen molar-refractivity contribution in [2.75, 3.05) is 26.8 Å². The first kappa shape index (κ1) is 19.2. The Bertz CT molecular complexity index is 615. The van der Waals surface area contributed by atoms with Gasteiger partial charge in [0.2, 0.25) is 5.91 Å². The molecule has 2 N–H and O–H groups in total. The van der Waals surface area contributed by atoms with Crippen molar-refractivity contribution in [2.24, 2.45) is 0 Å². The molecule has 0 saturated carbocycles. The van der Waals surface area contributed by atoms with Crippen molar-refractivity contribution in [3.8, 4) is 0 Å². The first-order valence-corrected chi connectivity index (χ1v) is 9.16. The van der Waals surface area contributed by atoms with Gasteiger partial charge in [-0.1, -0.05) is 18.2 Å². The Balaban J connectivity index is 1.73. The summed E-state index contributed by atoms with van der Waals surface area (Å²) < 4.78 is 25.8. The molecule has 2 aliphatic heterocycles. The van der Waals surface area contributed by atoms with Crippen LogP contribution in [0.1, 0.15) is 24.8 Å². The summed E-state index contributed by atoms with van der Waals surface area (Å²) in [6.07, 6.45) is 0.939. The van der Waals surface area contributed by atoms with Crippen LogP contribution in [0.2, 0.25) is 0 Å². The number of hydrogen-bond donors (Lipinski definition) is 2.